The molecule has 7 nitrogen and oxygen atoms in total. The largest absolute Gasteiger partial charge is 0.468 e. The van der Waals surface area contributed by atoms with Crippen LogP contribution in [0.1, 0.15) is 27.5 Å². The molecular formula is C18H16BrN3O4. The normalized spacial score (nSPS) is 10.7. The smallest absolute Gasteiger partial charge is 0.272 e. The van der Waals surface area contributed by atoms with Crippen LogP contribution in [0.25, 0.3) is 0 Å². The third-order valence-corrected chi connectivity index (χ3v) is 4.46. The number of carbonyl (C=O) groups excluding carboxylic acids is 1. The first-order valence-corrected chi connectivity index (χ1v) is 8.56. The average molecular weight is 418 g/mol. The lowest BCUT2D eigenvalue weighted by Gasteiger charge is -2.13. The molecule has 0 saturated carbocycles. The Balaban J connectivity index is 1.83. The van der Waals surface area contributed by atoms with Crippen LogP contribution >= 0.6 is 15.9 Å². The van der Waals surface area contributed by atoms with Gasteiger partial charge in [0.1, 0.15) is 22.7 Å². The van der Waals surface area contributed by atoms with Gasteiger partial charge < -0.3 is 14.9 Å². The number of furan rings is 1. The van der Waals surface area contributed by atoms with Gasteiger partial charge in [-0.25, -0.2) is 0 Å². The van der Waals surface area contributed by atoms with Crippen molar-refractivity contribution in [2.24, 2.45) is 5.73 Å². The number of primary amides is 1. The highest BCUT2D eigenvalue weighted by molar-refractivity contribution is 9.10. The molecule has 0 saturated heterocycles. The first-order chi connectivity index (χ1) is 12.5. The van der Waals surface area contributed by atoms with E-state index >= 15 is 0 Å². The molecule has 0 spiro atoms. The molecule has 0 aliphatic carbocycles. The van der Waals surface area contributed by atoms with Crippen LogP contribution in [-0.4, -0.2) is 15.5 Å². The fraction of sp³-hybridized carbons (Fsp3) is 0.167. The minimum atomic E-state index is -0.493. The fourth-order valence-electron chi connectivity index (χ4n) is 2.39. The minimum Gasteiger partial charge on any atom is -0.468 e. The van der Waals surface area contributed by atoms with Gasteiger partial charge in [0.25, 0.3) is 5.56 Å². The van der Waals surface area contributed by atoms with Gasteiger partial charge in [0.15, 0.2) is 0 Å². The summed E-state index contributed by atoms with van der Waals surface area (Å²) in [6.07, 6.45) is 1.55. The molecule has 0 atom stereocenters. The Morgan fingerprint density at radius 3 is 2.65 bits per heavy atom. The molecule has 0 fully saturated rings. The first-order valence-electron chi connectivity index (χ1n) is 7.76. The summed E-state index contributed by atoms with van der Waals surface area (Å²) in [6.45, 7) is 2.22. The third-order valence-electron chi connectivity index (χ3n) is 3.79. The molecule has 0 radical (unpaired) electrons. The van der Waals surface area contributed by atoms with Crippen molar-refractivity contribution in [1.29, 1.82) is 0 Å². The zero-order valence-electron chi connectivity index (χ0n) is 13.9. The molecule has 3 rings (SSSR count). The monoisotopic (exact) mass is 417 g/mol. The summed E-state index contributed by atoms with van der Waals surface area (Å²) in [6, 6.07) is 10.3. The van der Waals surface area contributed by atoms with Gasteiger partial charge in [-0.3, -0.25) is 14.2 Å². The number of aromatic nitrogens is 2. The molecule has 2 heterocycles. The van der Waals surface area contributed by atoms with Crippen LogP contribution in [0.4, 0.5) is 0 Å². The zero-order valence-corrected chi connectivity index (χ0v) is 15.5. The van der Waals surface area contributed by atoms with Gasteiger partial charge in [-0.2, -0.15) is 4.98 Å². The Bertz CT molecular complexity index is 979. The molecule has 2 aromatic heterocycles. The number of rotatable bonds is 6. The van der Waals surface area contributed by atoms with E-state index in [1.54, 1.807) is 49.6 Å². The molecule has 134 valence electrons. The standard InChI is InChI=1S/C18H16BrN3O4/c1-11-21-17(26-10-14-3-2-8-25-14)15(19)18(24)22(11)9-12-4-6-13(7-5-12)16(20)23/h2-8H,9-10H2,1H3,(H2,20,23). The SMILES string of the molecule is Cc1nc(OCc2ccco2)c(Br)c(=O)n1Cc1ccc(C(N)=O)cc1. The second-order valence-corrected chi connectivity index (χ2v) is 6.39. The fourth-order valence-corrected chi connectivity index (χ4v) is 2.80. The number of ether oxygens (including phenoxy) is 1. The molecule has 0 aliphatic heterocycles. The topological polar surface area (TPSA) is 100 Å². The predicted molar refractivity (Wildman–Crippen MR) is 98.0 cm³/mol. The van der Waals surface area contributed by atoms with Crippen molar-refractivity contribution in [1.82, 2.24) is 9.55 Å². The third kappa shape index (κ3) is 3.85. The highest BCUT2D eigenvalue weighted by Crippen LogP contribution is 2.20. The Kier molecular flexibility index (Phi) is 5.22. The van der Waals surface area contributed by atoms with Crippen LogP contribution in [-0.2, 0) is 13.2 Å². The number of aryl methyl sites for hydroxylation is 1. The van der Waals surface area contributed by atoms with Crippen molar-refractivity contribution in [2.75, 3.05) is 0 Å². The Morgan fingerprint density at radius 1 is 1.31 bits per heavy atom. The van der Waals surface area contributed by atoms with Crippen molar-refractivity contribution in [2.45, 2.75) is 20.1 Å². The summed E-state index contributed by atoms with van der Waals surface area (Å²) in [5.74, 6) is 0.860. The van der Waals surface area contributed by atoms with E-state index in [2.05, 4.69) is 20.9 Å². The number of halogens is 1. The van der Waals surface area contributed by atoms with Gasteiger partial charge in [-0.1, -0.05) is 12.1 Å². The molecule has 8 heteroatoms. The van der Waals surface area contributed by atoms with Gasteiger partial charge in [-0.15, -0.1) is 0 Å². The summed E-state index contributed by atoms with van der Waals surface area (Å²) >= 11 is 3.26. The maximum Gasteiger partial charge on any atom is 0.272 e. The van der Waals surface area contributed by atoms with E-state index in [4.69, 9.17) is 14.9 Å². The van der Waals surface area contributed by atoms with Gasteiger partial charge in [0, 0.05) is 5.56 Å². The molecule has 3 aromatic rings. The molecule has 1 aromatic carbocycles. The zero-order chi connectivity index (χ0) is 18.7. The molecule has 0 bridgehead atoms. The van der Waals surface area contributed by atoms with E-state index in [0.29, 0.717) is 23.7 Å². The maximum atomic E-state index is 12.6. The molecule has 2 N–H and O–H groups in total. The van der Waals surface area contributed by atoms with Gasteiger partial charge >= 0.3 is 0 Å². The van der Waals surface area contributed by atoms with Gasteiger partial charge in [0.2, 0.25) is 11.8 Å². The Labute approximate surface area is 157 Å². The van der Waals surface area contributed by atoms with E-state index in [1.165, 1.54) is 4.57 Å². The summed E-state index contributed by atoms with van der Waals surface area (Å²) < 4.78 is 12.5. The van der Waals surface area contributed by atoms with Crippen molar-refractivity contribution in [3.8, 4) is 5.88 Å². The summed E-state index contributed by atoms with van der Waals surface area (Å²) in [4.78, 5) is 28.1. The minimum absolute atomic E-state index is 0.177. The van der Waals surface area contributed by atoms with Crippen LogP contribution in [0.15, 0.2) is 56.3 Å². The Hall–Kier alpha value is -2.87. The molecule has 0 aliphatic rings. The highest BCUT2D eigenvalue weighted by atomic mass is 79.9. The van der Waals surface area contributed by atoms with E-state index in [-0.39, 0.29) is 22.5 Å². The van der Waals surface area contributed by atoms with Crippen LogP contribution in [0.2, 0.25) is 0 Å². The van der Waals surface area contributed by atoms with Gasteiger partial charge in [-0.05, 0) is 52.7 Å². The number of nitrogens with zero attached hydrogens (tertiary/aromatic N) is 2. The van der Waals surface area contributed by atoms with E-state index in [0.717, 1.165) is 5.56 Å². The van der Waals surface area contributed by atoms with Crippen LogP contribution in [0, 0.1) is 6.92 Å². The van der Waals surface area contributed by atoms with E-state index in [1.807, 2.05) is 0 Å². The average Bonchev–Trinajstić information content (AvgIpc) is 3.14. The second kappa shape index (κ2) is 7.57. The number of hydrogen-bond acceptors (Lipinski definition) is 5. The first kappa shape index (κ1) is 17.9. The lowest BCUT2D eigenvalue weighted by Crippen LogP contribution is -2.25. The predicted octanol–water partition coefficient (Wildman–Crippen LogP) is 2.63. The molecule has 26 heavy (non-hydrogen) atoms. The summed E-state index contributed by atoms with van der Waals surface area (Å²) in [5, 5.41) is 0. The van der Waals surface area contributed by atoms with Crippen LogP contribution < -0.4 is 16.0 Å². The van der Waals surface area contributed by atoms with E-state index in [9.17, 15) is 9.59 Å². The van der Waals surface area contributed by atoms with Gasteiger partial charge in [0.05, 0.1) is 12.8 Å². The van der Waals surface area contributed by atoms with Crippen molar-refractivity contribution in [3.05, 3.63) is 80.2 Å². The summed E-state index contributed by atoms with van der Waals surface area (Å²) in [7, 11) is 0. The van der Waals surface area contributed by atoms with Crippen LogP contribution in [0.3, 0.4) is 0 Å². The van der Waals surface area contributed by atoms with Crippen molar-refractivity contribution in [3.63, 3.8) is 0 Å². The number of benzene rings is 1. The number of hydrogen-bond donors (Lipinski definition) is 1. The lowest BCUT2D eigenvalue weighted by molar-refractivity contribution is 0.100. The number of amides is 1. The second-order valence-electron chi connectivity index (χ2n) is 5.60. The molecule has 1 amide bonds. The molecular weight excluding hydrogens is 402 g/mol. The molecule has 0 unspecified atom stereocenters. The van der Waals surface area contributed by atoms with Crippen molar-refractivity contribution >= 4 is 21.8 Å². The summed E-state index contributed by atoms with van der Waals surface area (Å²) in [5.41, 5.74) is 6.24. The van der Waals surface area contributed by atoms with Crippen molar-refractivity contribution < 1.29 is 13.9 Å². The quantitative estimate of drug-likeness (QED) is 0.664. The maximum absolute atomic E-state index is 12.6. The van der Waals surface area contributed by atoms with E-state index < -0.39 is 5.91 Å². The van der Waals surface area contributed by atoms with Crippen LogP contribution in [0.5, 0.6) is 5.88 Å². The number of nitrogens with two attached hydrogens (primary N) is 1. The lowest BCUT2D eigenvalue weighted by atomic mass is 10.1. The highest BCUT2D eigenvalue weighted by Gasteiger charge is 2.15. The Morgan fingerprint density at radius 2 is 2.04 bits per heavy atom. The number of carbonyl (C=O) groups is 1.